The molecule has 14 heteroatoms. The van der Waals surface area contributed by atoms with Gasteiger partial charge in [-0.1, -0.05) is 6.08 Å². The molecule has 0 radical (unpaired) electrons. The summed E-state index contributed by atoms with van der Waals surface area (Å²) in [6, 6.07) is -0.875. The lowest BCUT2D eigenvalue weighted by atomic mass is 9.91. The molecule has 0 aliphatic carbocycles. The number of aliphatic hydroxyl groups is 3. The molecule has 1 fully saturated rings. The Morgan fingerprint density at radius 2 is 1.56 bits per heavy atom. The van der Waals surface area contributed by atoms with E-state index in [0.717, 1.165) is 0 Å². The number of carbonyl (C=O) groups is 3. The molecule has 0 saturated carbocycles. The van der Waals surface area contributed by atoms with Gasteiger partial charge in [0.15, 0.2) is 0 Å². The van der Waals surface area contributed by atoms with Crippen molar-refractivity contribution in [1.29, 1.82) is 0 Å². The minimum atomic E-state index is -1.35. The lowest BCUT2D eigenvalue weighted by Gasteiger charge is -2.42. The van der Waals surface area contributed by atoms with Gasteiger partial charge in [0.25, 0.3) is 0 Å². The van der Waals surface area contributed by atoms with E-state index in [0.29, 0.717) is 39.6 Å². The smallest absolute Gasteiger partial charge is 0.239 e. The molecule has 3 amide bonds. The Morgan fingerprint density at radius 1 is 0.923 bits per heavy atom. The maximum atomic E-state index is 12.2. The first-order chi connectivity index (χ1) is 18.7. The van der Waals surface area contributed by atoms with E-state index in [-0.39, 0.29) is 51.1 Å². The number of hydrogen-bond acceptors (Lipinski definition) is 11. The number of rotatable bonds is 21. The summed E-state index contributed by atoms with van der Waals surface area (Å²) in [7, 11) is 0. The Balaban J connectivity index is 2.26. The van der Waals surface area contributed by atoms with Crippen LogP contribution in [0, 0.1) is 0 Å². The Labute approximate surface area is 229 Å². The van der Waals surface area contributed by atoms with Crippen LogP contribution in [-0.2, 0) is 38.1 Å². The number of nitrogens with one attached hydrogen (secondary N) is 2. The van der Waals surface area contributed by atoms with Crippen LogP contribution in [0.15, 0.2) is 12.7 Å². The summed E-state index contributed by atoms with van der Waals surface area (Å²) in [5.74, 6) is -1.02. The Hall–Kier alpha value is -2.17. The van der Waals surface area contributed by atoms with Crippen molar-refractivity contribution in [2.75, 3.05) is 79.1 Å². The predicted molar refractivity (Wildman–Crippen MR) is 139 cm³/mol. The number of nitrogens with zero attached hydrogens (tertiary/aromatic N) is 1. The van der Waals surface area contributed by atoms with Crippen molar-refractivity contribution >= 4 is 17.7 Å². The Kier molecular flexibility index (Phi) is 18.5. The zero-order valence-corrected chi connectivity index (χ0v) is 22.9. The second kappa shape index (κ2) is 20.7. The molecule has 0 spiro atoms. The molecule has 5 atom stereocenters. The summed E-state index contributed by atoms with van der Waals surface area (Å²) in [6.07, 6.45) is -2.45. The van der Waals surface area contributed by atoms with Gasteiger partial charge in [0.1, 0.15) is 18.3 Å². The standard InChI is InChI=1S/C25H45N3O11/c1-4-8-35-12-14-38-15-13-37-10-6-26-22(32)16-28(19(3)31)7-11-36-9-5-20-23(27-18(2)30)25(34)24(33)21(17-29)39-20/h4,20-21,23-25,29,33-34H,1,5-17H2,2-3H3,(H,26,32)(H,27,30)/t20-,21-,23+,24+,25-/m1/s1. The van der Waals surface area contributed by atoms with Gasteiger partial charge in [-0.05, 0) is 6.42 Å². The topological polar surface area (TPSA) is 185 Å². The zero-order chi connectivity index (χ0) is 29.0. The molecule has 0 bridgehead atoms. The van der Waals surface area contributed by atoms with Crippen molar-refractivity contribution in [3.63, 3.8) is 0 Å². The highest BCUT2D eigenvalue weighted by atomic mass is 16.5. The van der Waals surface area contributed by atoms with Gasteiger partial charge in [0.05, 0.1) is 71.5 Å². The highest BCUT2D eigenvalue weighted by Gasteiger charge is 2.44. The maximum Gasteiger partial charge on any atom is 0.239 e. The summed E-state index contributed by atoms with van der Waals surface area (Å²) >= 11 is 0. The first kappa shape index (κ1) is 34.9. The van der Waals surface area contributed by atoms with Crippen molar-refractivity contribution in [2.45, 2.75) is 50.7 Å². The first-order valence-corrected chi connectivity index (χ1v) is 13.0. The van der Waals surface area contributed by atoms with Gasteiger partial charge in [-0.25, -0.2) is 0 Å². The number of amides is 3. The lowest BCUT2D eigenvalue weighted by molar-refractivity contribution is -0.198. The van der Waals surface area contributed by atoms with Crippen LogP contribution in [0.25, 0.3) is 0 Å². The van der Waals surface area contributed by atoms with Crippen molar-refractivity contribution in [2.24, 2.45) is 0 Å². The lowest BCUT2D eigenvalue weighted by Crippen LogP contribution is -2.64. The van der Waals surface area contributed by atoms with Crippen LogP contribution in [0.5, 0.6) is 0 Å². The number of ether oxygens (including phenoxy) is 5. The molecule has 39 heavy (non-hydrogen) atoms. The molecule has 0 aromatic rings. The SMILES string of the molecule is C=CCOCCOCCOCCNC(=O)CN(CCOCC[C@H]1O[C@H](CO)[C@H](O)[C@H](O)[C@H]1NC(C)=O)C(C)=O. The second-order valence-corrected chi connectivity index (χ2v) is 8.88. The van der Waals surface area contributed by atoms with E-state index in [1.807, 2.05) is 0 Å². The van der Waals surface area contributed by atoms with E-state index >= 15 is 0 Å². The molecule has 1 rings (SSSR count). The molecule has 1 aliphatic heterocycles. The molecule has 14 nitrogen and oxygen atoms in total. The molecule has 1 heterocycles. The molecule has 5 N–H and O–H groups in total. The van der Waals surface area contributed by atoms with Gasteiger partial charge in [-0.3, -0.25) is 14.4 Å². The van der Waals surface area contributed by atoms with Gasteiger partial charge < -0.3 is 54.5 Å². The zero-order valence-electron chi connectivity index (χ0n) is 22.9. The average Bonchev–Trinajstić information content (AvgIpc) is 2.89. The molecule has 0 aromatic heterocycles. The summed E-state index contributed by atoms with van der Waals surface area (Å²) in [6.45, 7) is 8.83. The maximum absolute atomic E-state index is 12.2. The monoisotopic (exact) mass is 563 g/mol. The van der Waals surface area contributed by atoms with Crippen LogP contribution in [0.3, 0.4) is 0 Å². The van der Waals surface area contributed by atoms with Crippen LogP contribution < -0.4 is 10.6 Å². The quantitative estimate of drug-likeness (QED) is 0.0739. The third-order valence-corrected chi connectivity index (χ3v) is 5.78. The largest absolute Gasteiger partial charge is 0.394 e. The highest BCUT2D eigenvalue weighted by Crippen LogP contribution is 2.23. The molecule has 1 saturated heterocycles. The van der Waals surface area contributed by atoms with Gasteiger partial charge in [-0.15, -0.1) is 6.58 Å². The summed E-state index contributed by atoms with van der Waals surface area (Å²) in [4.78, 5) is 37.0. The third-order valence-electron chi connectivity index (χ3n) is 5.78. The minimum Gasteiger partial charge on any atom is -0.394 e. The van der Waals surface area contributed by atoms with Crippen LogP contribution in [0.4, 0.5) is 0 Å². The first-order valence-electron chi connectivity index (χ1n) is 13.0. The van der Waals surface area contributed by atoms with Crippen LogP contribution in [-0.4, -0.2) is 147 Å². The van der Waals surface area contributed by atoms with E-state index in [9.17, 15) is 29.7 Å². The van der Waals surface area contributed by atoms with E-state index in [1.54, 1.807) is 6.08 Å². The van der Waals surface area contributed by atoms with Crippen LogP contribution in [0.2, 0.25) is 0 Å². The summed E-state index contributed by atoms with van der Waals surface area (Å²) < 4.78 is 27.1. The number of hydrogen-bond donors (Lipinski definition) is 5. The number of carbonyl (C=O) groups excluding carboxylic acids is 3. The fourth-order valence-corrected chi connectivity index (χ4v) is 3.78. The third kappa shape index (κ3) is 14.7. The highest BCUT2D eigenvalue weighted by molar-refractivity contribution is 5.83. The Morgan fingerprint density at radius 3 is 2.18 bits per heavy atom. The number of aliphatic hydroxyl groups excluding tert-OH is 3. The van der Waals surface area contributed by atoms with Crippen molar-refractivity contribution in [1.82, 2.24) is 15.5 Å². The fraction of sp³-hybridized carbons (Fsp3) is 0.800. The molecular formula is C25H45N3O11. The molecule has 0 aromatic carbocycles. The molecular weight excluding hydrogens is 518 g/mol. The van der Waals surface area contributed by atoms with Crippen molar-refractivity contribution in [3.05, 3.63) is 12.7 Å². The van der Waals surface area contributed by atoms with Gasteiger partial charge in [-0.2, -0.15) is 0 Å². The van der Waals surface area contributed by atoms with Crippen molar-refractivity contribution in [3.8, 4) is 0 Å². The van der Waals surface area contributed by atoms with Gasteiger partial charge in [0.2, 0.25) is 17.7 Å². The Bertz CT molecular complexity index is 727. The summed E-state index contributed by atoms with van der Waals surface area (Å²) in [5, 5.41) is 35.1. The minimum absolute atomic E-state index is 0.134. The van der Waals surface area contributed by atoms with Crippen molar-refractivity contribution < 1.29 is 53.4 Å². The van der Waals surface area contributed by atoms with Gasteiger partial charge in [0, 0.05) is 33.5 Å². The van der Waals surface area contributed by atoms with E-state index in [4.69, 9.17) is 23.7 Å². The predicted octanol–water partition coefficient (Wildman–Crippen LogP) is -2.42. The van der Waals surface area contributed by atoms with E-state index in [2.05, 4.69) is 17.2 Å². The molecule has 1 aliphatic rings. The fourth-order valence-electron chi connectivity index (χ4n) is 3.78. The molecule has 226 valence electrons. The van der Waals surface area contributed by atoms with Gasteiger partial charge >= 0.3 is 0 Å². The van der Waals surface area contributed by atoms with E-state index < -0.39 is 43.0 Å². The normalized spacial score (nSPS) is 22.7. The van der Waals surface area contributed by atoms with E-state index in [1.165, 1.54) is 18.7 Å². The van der Waals surface area contributed by atoms with Crippen LogP contribution in [0.1, 0.15) is 20.3 Å². The average molecular weight is 564 g/mol. The van der Waals surface area contributed by atoms with Crippen LogP contribution >= 0.6 is 0 Å². The second-order valence-electron chi connectivity index (χ2n) is 8.88. The molecule has 0 unspecified atom stereocenters. The summed E-state index contributed by atoms with van der Waals surface area (Å²) in [5.41, 5.74) is 0.